The Labute approximate surface area is 106 Å². The van der Waals surface area contributed by atoms with E-state index in [2.05, 4.69) is 43.0 Å². The number of para-hydroxylation sites is 2. The highest BCUT2D eigenvalue weighted by Gasteiger charge is 2.05. The second kappa shape index (κ2) is 4.03. The van der Waals surface area contributed by atoms with Crippen molar-refractivity contribution in [2.75, 3.05) is 0 Å². The highest BCUT2D eigenvalue weighted by Crippen LogP contribution is 2.24. The first-order chi connectivity index (χ1) is 7.84. The highest BCUT2D eigenvalue weighted by atomic mass is 79.9. The third kappa shape index (κ3) is 1.68. The summed E-state index contributed by atoms with van der Waals surface area (Å²) in [5.74, 6) is 0. The largest absolute Gasteiger partial charge is 0.325 e. The molecule has 0 aliphatic heterocycles. The maximum Gasteiger partial charge on any atom is 0.0961 e. The molecule has 3 aromatic rings. The summed E-state index contributed by atoms with van der Waals surface area (Å²) in [7, 11) is 0. The van der Waals surface area contributed by atoms with Crippen molar-refractivity contribution in [1.29, 1.82) is 0 Å². The molecule has 0 radical (unpaired) electrons. The van der Waals surface area contributed by atoms with Crippen molar-refractivity contribution in [3.05, 3.63) is 51.4 Å². The van der Waals surface area contributed by atoms with Gasteiger partial charge in [-0.05, 0) is 39.5 Å². The van der Waals surface area contributed by atoms with Crippen LogP contribution in [-0.2, 0) is 6.54 Å². The van der Waals surface area contributed by atoms with Crippen LogP contribution in [-0.4, -0.2) is 9.55 Å². The van der Waals surface area contributed by atoms with E-state index in [0.717, 1.165) is 12.1 Å². The van der Waals surface area contributed by atoms with Crippen molar-refractivity contribution in [3.63, 3.8) is 0 Å². The van der Waals surface area contributed by atoms with Crippen LogP contribution in [0.15, 0.2) is 46.5 Å². The van der Waals surface area contributed by atoms with E-state index in [0.29, 0.717) is 0 Å². The smallest absolute Gasteiger partial charge is 0.0961 e. The van der Waals surface area contributed by atoms with Gasteiger partial charge >= 0.3 is 0 Å². The maximum absolute atomic E-state index is 4.38. The fourth-order valence-electron chi connectivity index (χ4n) is 1.73. The fraction of sp³-hybridized carbons (Fsp3) is 0.0833. The van der Waals surface area contributed by atoms with Crippen molar-refractivity contribution in [2.24, 2.45) is 0 Å². The first-order valence-electron chi connectivity index (χ1n) is 4.96. The van der Waals surface area contributed by atoms with Crippen LogP contribution in [0.3, 0.4) is 0 Å². The lowest BCUT2D eigenvalue weighted by molar-refractivity contribution is 0.835. The van der Waals surface area contributed by atoms with Gasteiger partial charge in [0.2, 0.25) is 0 Å². The van der Waals surface area contributed by atoms with Gasteiger partial charge in [-0.15, -0.1) is 11.3 Å². The molecule has 0 unspecified atom stereocenters. The third-order valence-corrected chi connectivity index (χ3v) is 4.44. The standard InChI is InChI=1S/C12H9BrN2S/c13-9-5-6-16-12(9)7-15-8-14-10-3-1-2-4-11(10)15/h1-6,8H,7H2. The van der Waals surface area contributed by atoms with Crippen molar-refractivity contribution >= 4 is 38.3 Å². The summed E-state index contributed by atoms with van der Waals surface area (Å²) in [6.07, 6.45) is 1.90. The molecular formula is C12H9BrN2S. The highest BCUT2D eigenvalue weighted by molar-refractivity contribution is 9.10. The number of hydrogen-bond donors (Lipinski definition) is 0. The molecule has 2 nitrogen and oxygen atoms in total. The zero-order valence-corrected chi connectivity index (χ0v) is 10.8. The van der Waals surface area contributed by atoms with Crippen molar-refractivity contribution < 1.29 is 0 Å². The molecule has 0 saturated heterocycles. The van der Waals surface area contributed by atoms with Crippen LogP contribution in [0.1, 0.15) is 4.88 Å². The fourth-order valence-corrected chi connectivity index (χ4v) is 3.20. The average Bonchev–Trinajstić information content (AvgIpc) is 2.88. The first-order valence-corrected chi connectivity index (χ1v) is 6.63. The van der Waals surface area contributed by atoms with E-state index in [4.69, 9.17) is 0 Å². The Morgan fingerprint density at radius 3 is 2.94 bits per heavy atom. The van der Waals surface area contributed by atoms with Gasteiger partial charge in [-0.1, -0.05) is 12.1 Å². The summed E-state index contributed by atoms with van der Waals surface area (Å²) in [5, 5.41) is 2.10. The quantitative estimate of drug-likeness (QED) is 0.700. The Bertz CT molecular complexity index is 627. The molecule has 0 saturated carbocycles. The first kappa shape index (κ1) is 10.1. The van der Waals surface area contributed by atoms with Crippen molar-refractivity contribution in [1.82, 2.24) is 9.55 Å². The number of imidazole rings is 1. The molecular weight excluding hydrogens is 284 g/mol. The number of rotatable bonds is 2. The lowest BCUT2D eigenvalue weighted by Crippen LogP contribution is -1.95. The van der Waals surface area contributed by atoms with Gasteiger partial charge in [0.05, 0.1) is 23.9 Å². The lowest BCUT2D eigenvalue weighted by Gasteiger charge is -2.02. The minimum absolute atomic E-state index is 0.874. The second-order valence-corrected chi connectivity index (χ2v) is 5.41. The van der Waals surface area contributed by atoms with Crippen LogP contribution >= 0.6 is 27.3 Å². The van der Waals surface area contributed by atoms with Gasteiger partial charge in [-0.3, -0.25) is 0 Å². The molecule has 0 N–H and O–H groups in total. The Hall–Kier alpha value is -1.13. The Kier molecular flexibility index (Phi) is 2.53. The van der Waals surface area contributed by atoms with E-state index in [1.54, 1.807) is 11.3 Å². The summed E-state index contributed by atoms with van der Waals surface area (Å²) in [6, 6.07) is 10.3. The molecule has 0 spiro atoms. The maximum atomic E-state index is 4.38. The molecule has 0 amide bonds. The SMILES string of the molecule is Brc1ccsc1Cn1cnc2ccccc21. The van der Waals surface area contributed by atoms with E-state index >= 15 is 0 Å². The number of halogens is 1. The third-order valence-electron chi connectivity index (χ3n) is 2.53. The van der Waals surface area contributed by atoms with Gasteiger partial charge in [-0.25, -0.2) is 4.98 Å². The van der Waals surface area contributed by atoms with E-state index in [1.165, 1.54) is 14.9 Å². The molecule has 2 heterocycles. The summed E-state index contributed by atoms with van der Waals surface area (Å²) in [5.41, 5.74) is 2.23. The molecule has 2 aromatic heterocycles. The van der Waals surface area contributed by atoms with E-state index < -0.39 is 0 Å². The second-order valence-electron chi connectivity index (χ2n) is 3.55. The zero-order chi connectivity index (χ0) is 11.0. The molecule has 3 rings (SSSR count). The molecule has 0 bridgehead atoms. The molecule has 0 aliphatic carbocycles. The Morgan fingerprint density at radius 2 is 2.12 bits per heavy atom. The molecule has 1 aromatic carbocycles. The lowest BCUT2D eigenvalue weighted by atomic mass is 10.3. The summed E-state index contributed by atoms with van der Waals surface area (Å²) < 4.78 is 3.35. The predicted octanol–water partition coefficient (Wildman–Crippen LogP) is 3.91. The zero-order valence-electron chi connectivity index (χ0n) is 8.43. The molecule has 0 atom stereocenters. The summed E-state index contributed by atoms with van der Waals surface area (Å²) in [6.45, 7) is 0.874. The number of hydrogen-bond acceptors (Lipinski definition) is 2. The van der Waals surface area contributed by atoms with Crippen LogP contribution in [0, 0.1) is 0 Å². The van der Waals surface area contributed by atoms with Crippen LogP contribution in [0.5, 0.6) is 0 Å². The average molecular weight is 293 g/mol. The summed E-state index contributed by atoms with van der Waals surface area (Å²) >= 11 is 5.31. The van der Waals surface area contributed by atoms with Crippen molar-refractivity contribution in [2.45, 2.75) is 6.54 Å². The number of aromatic nitrogens is 2. The van der Waals surface area contributed by atoms with Crippen LogP contribution in [0.25, 0.3) is 11.0 Å². The normalized spacial score (nSPS) is 11.1. The minimum Gasteiger partial charge on any atom is -0.325 e. The van der Waals surface area contributed by atoms with Crippen LogP contribution < -0.4 is 0 Å². The topological polar surface area (TPSA) is 17.8 Å². The molecule has 0 fully saturated rings. The number of fused-ring (bicyclic) bond motifs is 1. The van der Waals surface area contributed by atoms with E-state index in [1.807, 2.05) is 24.5 Å². The molecule has 0 aliphatic rings. The van der Waals surface area contributed by atoms with Gasteiger partial charge in [0, 0.05) is 9.35 Å². The van der Waals surface area contributed by atoms with Gasteiger partial charge in [-0.2, -0.15) is 0 Å². The van der Waals surface area contributed by atoms with Gasteiger partial charge < -0.3 is 4.57 Å². The Morgan fingerprint density at radius 1 is 1.25 bits per heavy atom. The van der Waals surface area contributed by atoms with Crippen LogP contribution in [0.4, 0.5) is 0 Å². The predicted molar refractivity (Wildman–Crippen MR) is 70.9 cm³/mol. The monoisotopic (exact) mass is 292 g/mol. The molecule has 16 heavy (non-hydrogen) atoms. The number of nitrogens with zero attached hydrogens (tertiary/aromatic N) is 2. The van der Waals surface area contributed by atoms with E-state index in [-0.39, 0.29) is 0 Å². The minimum atomic E-state index is 0.874. The molecule has 4 heteroatoms. The van der Waals surface area contributed by atoms with Crippen LogP contribution in [0.2, 0.25) is 0 Å². The van der Waals surface area contributed by atoms with Gasteiger partial charge in [0.25, 0.3) is 0 Å². The number of thiophene rings is 1. The van der Waals surface area contributed by atoms with Gasteiger partial charge in [0.15, 0.2) is 0 Å². The Balaban J connectivity index is 2.04. The van der Waals surface area contributed by atoms with Crippen molar-refractivity contribution in [3.8, 4) is 0 Å². The summed E-state index contributed by atoms with van der Waals surface area (Å²) in [4.78, 5) is 5.70. The molecule has 80 valence electrons. The number of benzene rings is 1. The van der Waals surface area contributed by atoms with Gasteiger partial charge in [0.1, 0.15) is 0 Å². The van der Waals surface area contributed by atoms with E-state index in [9.17, 15) is 0 Å².